The molecule has 0 fully saturated rings. The fraction of sp³-hybridized carbons (Fsp3) is 0.286. The lowest BCUT2D eigenvalue weighted by molar-refractivity contribution is 0.697. The quantitative estimate of drug-likeness (QED) is 0.634. The number of aryl methyl sites for hydroxylation is 1. The second-order valence-electron chi connectivity index (χ2n) is 3.99. The van der Waals surface area contributed by atoms with Crippen LogP contribution in [0.3, 0.4) is 0 Å². The fourth-order valence-electron chi connectivity index (χ4n) is 1.89. The molecule has 0 N–H and O–H groups in total. The predicted molar refractivity (Wildman–Crippen MR) is 80.6 cm³/mol. The third-order valence-corrected chi connectivity index (χ3v) is 4.91. The molecule has 2 aromatic rings. The Balaban J connectivity index is 2.04. The first kappa shape index (κ1) is 13.1. The van der Waals surface area contributed by atoms with Gasteiger partial charge in [0.25, 0.3) is 0 Å². The van der Waals surface area contributed by atoms with Gasteiger partial charge in [0.05, 0.1) is 0 Å². The van der Waals surface area contributed by atoms with Gasteiger partial charge in [-0.25, -0.2) is 0 Å². The van der Waals surface area contributed by atoms with E-state index in [1.807, 2.05) is 23.5 Å². The zero-order valence-electron chi connectivity index (χ0n) is 9.40. The summed E-state index contributed by atoms with van der Waals surface area (Å²) in [4.78, 5) is 1.45. The van der Waals surface area contributed by atoms with Gasteiger partial charge in [0.2, 0.25) is 0 Å². The second kappa shape index (κ2) is 6.58. The molecule has 0 aliphatic heterocycles. The molecule has 0 radical (unpaired) electrons. The van der Waals surface area contributed by atoms with Crippen LogP contribution in [0.4, 0.5) is 0 Å². The molecule has 1 atom stereocenters. The summed E-state index contributed by atoms with van der Waals surface area (Å²) in [7, 11) is 0. The molecule has 90 valence electrons. The Kier molecular flexibility index (Phi) is 5.08. The van der Waals surface area contributed by atoms with Crippen molar-refractivity contribution in [1.29, 1.82) is 0 Å². The minimum atomic E-state index is 0.491. The van der Waals surface area contributed by atoms with Crippen LogP contribution in [0.25, 0.3) is 0 Å². The van der Waals surface area contributed by atoms with Crippen molar-refractivity contribution in [2.24, 2.45) is 0 Å². The van der Waals surface area contributed by atoms with Crippen molar-refractivity contribution < 1.29 is 0 Å². The highest BCUT2D eigenvalue weighted by atomic mass is 79.9. The molecule has 0 aliphatic carbocycles. The van der Waals surface area contributed by atoms with Gasteiger partial charge in [-0.1, -0.05) is 51.8 Å². The molecule has 1 aromatic heterocycles. The number of hydrogen-bond donors (Lipinski definition) is 0. The molecule has 0 aliphatic rings. The Bertz CT molecular complexity index is 453. The Morgan fingerprint density at radius 2 is 2.00 bits per heavy atom. The topological polar surface area (TPSA) is 0 Å². The third kappa shape index (κ3) is 3.57. The SMILES string of the molecule is Clc1ccccc1C(CBr)CCc1cccs1. The van der Waals surface area contributed by atoms with Crippen molar-refractivity contribution in [3.8, 4) is 0 Å². The Morgan fingerprint density at radius 3 is 2.65 bits per heavy atom. The largest absolute Gasteiger partial charge is 0.149 e. The highest BCUT2D eigenvalue weighted by Gasteiger charge is 2.13. The molecule has 3 heteroatoms. The molecule has 0 nitrogen and oxygen atoms in total. The average molecular weight is 330 g/mol. The van der Waals surface area contributed by atoms with E-state index >= 15 is 0 Å². The smallest absolute Gasteiger partial charge is 0.0441 e. The van der Waals surface area contributed by atoms with Crippen LogP contribution in [0, 0.1) is 0 Å². The molecule has 0 bridgehead atoms. The van der Waals surface area contributed by atoms with Gasteiger partial charge in [0.15, 0.2) is 0 Å². The number of halogens is 2. The zero-order chi connectivity index (χ0) is 12.1. The van der Waals surface area contributed by atoms with Gasteiger partial charge in [0.1, 0.15) is 0 Å². The summed E-state index contributed by atoms with van der Waals surface area (Å²) < 4.78 is 0. The summed E-state index contributed by atoms with van der Waals surface area (Å²) in [6, 6.07) is 12.4. The molecule has 0 amide bonds. The van der Waals surface area contributed by atoms with Gasteiger partial charge in [-0.3, -0.25) is 0 Å². The molecular weight excluding hydrogens is 316 g/mol. The van der Waals surface area contributed by atoms with E-state index in [2.05, 4.69) is 45.6 Å². The summed E-state index contributed by atoms with van der Waals surface area (Å²) in [5.74, 6) is 0.491. The average Bonchev–Trinajstić information content (AvgIpc) is 2.85. The maximum atomic E-state index is 6.24. The van der Waals surface area contributed by atoms with E-state index in [0.29, 0.717) is 5.92 Å². The van der Waals surface area contributed by atoms with Gasteiger partial charge >= 0.3 is 0 Å². The molecule has 0 saturated carbocycles. The second-order valence-corrected chi connectivity index (χ2v) is 6.08. The van der Waals surface area contributed by atoms with Gasteiger partial charge < -0.3 is 0 Å². The third-order valence-electron chi connectivity index (χ3n) is 2.85. The first-order chi connectivity index (χ1) is 8.31. The van der Waals surface area contributed by atoms with Crippen molar-refractivity contribution >= 4 is 38.9 Å². The summed E-state index contributed by atoms with van der Waals surface area (Å²) in [6.45, 7) is 0. The van der Waals surface area contributed by atoms with Crippen LogP contribution in [0.5, 0.6) is 0 Å². The van der Waals surface area contributed by atoms with E-state index < -0.39 is 0 Å². The summed E-state index contributed by atoms with van der Waals surface area (Å²) in [5, 5.41) is 3.97. The Morgan fingerprint density at radius 1 is 1.18 bits per heavy atom. The fourth-order valence-corrected chi connectivity index (χ4v) is 3.58. The lowest BCUT2D eigenvalue weighted by Gasteiger charge is -2.15. The van der Waals surface area contributed by atoms with Crippen LogP contribution in [-0.2, 0) is 6.42 Å². The highest BCUT2D eigenvalue weighted by molar-refractivity contribution is 9.09. The number of alkyl halides is 1. The molecule has 1 heterocycles. The van der Waals surface area contributed by atoms with E-state index in [9.17, 15) is 0 Å². The number of thiophene rings is 1. The first-order valence-corrected chi connectivity index (χ1v) is 8.02. The summed E-state index contributed by atoms with van der Waals surface area (Å²) >= 11 is 11.7. The minimum absolute atomic E-state index is 0.491. The van der Waals surface area contributed by atoms with E-state index in [1.165, 1.54) is 10.4 Å². The number of benzene rings is 1. The molecule has 0 saturated heterocycles. The van der Waals surface area contributed by atoms with Gasteiger partial charge in [-0.2, -0.15) is 0 Å². The normalized spacial score (nSPS) is 12.6. The van der Waals surface area contributed by atoms with Crippen LogP contribution >= 0.6 is 38.9 Å². The summed E-state index contributed by atoms with van der Waals surface area (Å²) in [5.41, 5.74) is 1.25. The standard InChI is InChI=1S/C14H14BrClS/c15-10-11(7-8-12-4-3-9-17-12)13-5-1-2-6-14(13)16/h1-6,9,11H,7-8,10H2. The lowest BCUT2D eigenvalue weighted by Crippen LogP contribution is -2.02. The maximum absolute atomic E-state index is 6.24. The van der Waals surface area contributed by atoms with Crippen LogP contribution < -0.4 is 0 Å². The van der Waals surface area contributed by atoms with Crippen molar-refractivity contribution in [2.75, 3.05) is 5.33 Å². The maximum Gasteiger partial charge on any atom is 0.0441 e. The molecular formula is C14H14BrClS. The lowest BCUT2D eigenvalue weighted by atomic mass is 9.96. The van der Waals surface area contributed by atoms with Gasteiger partial charge in [-0.05, 0) is 41.8 Å². The van der Waals surface area contributed by atoms with E-state index in [-0.39, 0.29) is 0 Å². The Labute approximate surface area is 120 Å². The van der Waals surface area contributed by atoms with Crippen LogP contribution in [0.15, 0.2) is 41.8 Å². The molecule has 1 unspecified atom stereocenters. The van der Waals surface area contributed by atoms with Gasteiger partial charge in [-0.15, -0.1) is 11.3 Å². The van der Waals surface area contributed by atoms with E-state index in [4.69, 9.17) is 11.6 Å². The highest BCUT2D eigenvalue weighted by Crippen LogP contribution is 2.30. The van der Waals surface area contributed by atoms with Gasteiger partial charge in [0, 0.05) is 15.2 Å². The predicted octanol–water partition coefficient (Wildman–Crippen LogP) is 5.51. The Hall–Kier alpha value is -0.310. The van der Waals surface area contributed by atoms with Crippen molar-refractivity contribution in [3.63, 3.8) is 0 Å². The number of hydrogen-bond acceptors (Lipinski definition) is 1. The number of rotatable bonds is 5. The van der Waals surface area contributed by atoms with Crippen LogP contribution in [0.2, 0.25) is 5.02 Å². The van der Waals surface area contributed by atoms with Crippen LogP contribution in [0.1, 0.15) is 22.8 Å². The molecule has 17 heavy (non-hydrogen) atoms. The van der Waals surface area contributed by atoms with E-state index in [0.717, 1.165) is 23.2 Å². The van der Waals surface area contributed by atoms with Crippen molar-refractivity contribution in [1.82, 2.24) is 0 Å². The first-order valence-electron chi connectivity index (χ1n) is 5.64. The molecule has 2 rings (SSSR count). The van der Waals surface area contributed by atoms with E-state index in [1.54, 1.807) is 0 Å². The monoisotopic (exact) mass is 328 g/mol. The van der Waals surface area contributed by atoms with Crippen LogP contribution in [-0.4, -0.2) is 5.33 Å². The molecule has 0 spiro atoms. The zero-order valence-corrected chi connectivity index (χ0v) is 12.6. The minimum Gasteiger partial charge on any atom is -0.149 e. The van der Waals surface area contributed by atoms with Crippen molar-refractivity contribution in [2.45, 2.75) is 18.8 Å². The molecule has 1 aromatic carbocycles. The summed E-state index contributed by atoms with van der Waals surface area (Å²) in [6.07, 6.45) is 2.26. The van der Waals surface area contributed by atoms with Crippen molar-refractivity contribution in [3.05, 3.63) is 57.2 Å².